The van der Waals surface area contributed by atoms with Gasteiger partial charge in [-0.1, -0.05) is 30.2 Å². The zero-order valence-electron chi connectivity index (χ0n) is 21.7. The molecule has 0 aliphatic heterocycles. The second-order valence-corrected chi connectivity index (χ2v) is 8.52. The van der Waals surface area contributed by atoms with Crippen LogP contribution in [-0.4, -0.2) is 48.8 Å². The molecule has 3 N–H and O–H groups in total. The highest BCUT2D eigenvalue weighted by Crippen LogP contribution is 2.38. The molecule has 0 amide bonds. The third-order valence-electron chi connectivity index (χ3n) is 6.06. The predicted molar refractivity (Wildman–Crippen MR) is 154 cm³/mol. The fourth-order valence-corrected chi connectivity index (χ4v) is 4.21. The van der Waals surface area contributed by atoms with Crippen LogP contribution < -0.4 is 25.6 Å². The van der Waals surface area contributed by atoms with Crippen LogP contribution in [0.1, 0.15) is 6.92 Å². The van der Waals surface area contributed by atoms with Gasteiger partial charge in [0.25, 0.3) is 0 Å². The summed E-state index contributed by atoms with van der Waals surface area (Å²) in [5.41, 5.74) is 5.59. The molecule has 0 saturated carbocycles. The van der Waals surface area contributed by atoms with Crippen LogP contribution in [0.2, 0.25) is 0 Å². The Kier molecular flexibility index (Phi) is 8.29. The van der Waals surface area contributed by atoms with Crippen LogP contribution in [-0.2, 0) is 6.54 Å². The average Bonchev–Trinajstić information content (AvgIpc) is 3.29. The Morgan fingerprint density at radius 3 is 2.78 bits per heavy atom. The van der Waals surface area contributed by atoms with Crippen molar-refractivity contribution in [3.63, 3.8) is 0 Å². The van der Waals surface area contributed by atoms with Gasteiger partial charge in [0, 0.05) is 55.1 Å². The number of hydrogen-bond acceptors (Lipinski definition) is 7. The molecular formula is C29H33N7O. The minimum atomic E-state index is 0.470. The van der Waals surface area contributed by atoms with Gasteiger partial charge in [-0.2, -0.15) is 0 Å². The standard InChI is InChI=1S/C29H33N7O/c1-6-13-31-24-18-25(28(37-5)19-27(24)35(4)17-15-30-3)34-29-32-14-12-23(33-29)22-20-36(16-7-2)26-11-9-8-10-21(22)26/h2,6,8-14,18-20,30-31H,15-17H2,1,3-5H3,(H,32,33,34). The first kappa shape index (κ1) is 25.6. The molecule has 2 aromatic heterocycles. The topological polar surface area (TPSA) is 79.3 Å². The quantitative estimate of drug-likeness (QED) is 0.250. The SMILES string of the molecule is C#CCn1cc(-c2ccnc(Nc3cc(NC=CC)c(N(C)CCNC)cc3OC)n2)c2ccccc21. The van der Waals surface area contributed by atoms with E-state index in [0.717, 1.165) is 52.3 Å². The Morgan fingerprint density at radius 1 is 1.19 bits per heavy atom. The Morgan fingerprint density at radius 2 is 2.03 bits per heavy atom. The summed E-state index contributed by atoms with van der Waals surface area (Å²) >= 11 is 0. The summed E-state index contributed by atoms with van der Waals surface area (Å²) in [5.74, 6) is 3.89. The summed E-state index contributed by atoms with van der Waals surface area (Å²) in [6, 6.07) is 14.1. The van der Waals surface area contributed by atoms with Crippen molar-refractivity contribution in [2.24, 2.45) is 0 Å². The van der Waals surface area contributed by atoms with Gasteiger partial charge in [0.05, 0.1) is 36.4 Å². The molecule has 0 saturated heterocycles. The number of aromatic nitrogens is 3. The van der Waals surface area contributed by atoms with Gasteiger partial charge in [0.15, 0.2) is 0 Å². The number of nitrogens with zero attached hydrogens (tertiary/aromatic N) is 4. The molecule has 0 fully saturated rings. The number of terminal acetylenes is 1. The van der Waals surface area contributed by atoms with E-state index in [-0.39, 0.29) is 0 Å². The molecule has 2 heterocycles. The van der Waals surface area contributed by atoms with Crippen LogP contribution in [0, 0.1) is 12.3 Å². The molecule has 0 radical (unpaired) electrons. The highest BCUT2D eigenvalue weighted by Gasteiger charge is 2.16. The first-order valence-corrected chi connectivity index (χ1v) is 12.2. The van der Waals surface area contributed by atoms with Gasteiger partial charge in [-0.3, -0.25) is 0 Å². The van der Waals surface area contributed by atoms with E-state index in [4.69, 9.17) is 16.1 Å². The van der Waals surface area contributed by atoms with Crippen LogP contribution in [0.25, 0.3) is 22.2 Å². The van der Waals surface area contributed by atoms with Gasteiger partial charge in [-0.25, -0.2) is 9.97 Å². The van der Waals surface area contributed by atoms with Crippen molar-refractivity contribution >= 4 is 33.9 Å². The summed E-state index contributed by atoms with van der Waals surface area (Å²) in [6.45, 7) is 4.17. The maximum atomic E-state index is 5.75. The molecule has 4 rings (SSSR count). The number of methoxy groups -OCH3 is 1. The maximum absolute atomic E-state index is 5.75. The lowest BCUT2D eigenvalue weighted by Gasteiger charge is -2.24. The minimum absolute atomic E-state index is 0.470. The van der Waals surface area contributed by atoms with Gasteiger partial charge < -0.3 is 30.2 Å². The van der Waals surface area contributed by atoms with E-state index in [1.165, 1.54) is 0 Å². The van der Waals surface area contributed by atoms with E-state index in [2.05, 4.69) is 55.5 Å². The first-order valence-electron chi connectivity index (χ1n) is 12.2. The van der Waals surface area contributed by atoms with Gasteiger partial charge in [-0.15, -0.1) is 6.42 Å². The number of rotatable bonds is 11. The maximum Gasteiger partial charge on any atom is 0.227 e. The van der Waals surface area contributed by atoms with E-state index in [0.29, 0.717) is 18.2 Å². The largest absolute Gasteiger partial charge is 0.494 e. The molecule has 0 aliphatic carbocycles. The fourth-order valence-electron chi connectivity index (χ4n) is 4.21. The lowest BCUT2D eigenvalue weighted by molar-refractivity contribution is 0.417. The number of likely N-dealkylation sites (N-methyl/N-ethyl adjacent to an activating group) is 2. The van der Waals surface area contributed by atoms with Crippen molar-refractivity contribution < 1.29 is 4.74 Å². The molecule has 0 aliphatic rings. The summed E-state index contributed by atoms with van der Waals surface area (Å²) in [6.07, 6.45) is 13.3. The monoisotopic (exact) mass is 495 g/mol. The van der Waals surface area contributed by atoms with Crippen LogP contribution in [0.3, 0.4) is 0 Å². The summed E-state index contributed by atoms with van der Waals surface area (Å²) in [5, 5.41) is 11.0. The molecule has 37 heavy (non-hydrogen) atoms. The number of ether oxygens (including phenoxy) is 1. The molecule has 0 unspecified atom stereocenters. The van der Waals surface area contributed by atoms with Crippen molar-refractivity contribution in [1.29, 1.82) is 0 Å². The molecule has 190 valence electrons. The Balaban J connectivity index is 1.71. The van der Waals surface area contributed by atoms with Crippen molar-refractivity contribution in [1.82, 2.24) is 19.9 Å². The van der Waals surface area contributed by atoms with Crippen molar-refractivity contribution in [2.75, 3.05) is 49.8 Å². The third kappa shape index (κ3) is 5.68. The molecule has 0 atom stereocenters. The van der Waals surface area contributed by atoms with Crippen LogP contribution in [0.15, 0.2) is 67.1 Å². The molecule has 8 heteroatoms. The number of nitrogens with one attached hydrogen (secondary N) is 3. The first-order chi connectivity index (χ1) is 18.1. The molecule has 0 spiro atoms. The molecule has 8 nitrogen and oxygen atoms in total. The second-order valence-electron chi connectivity index (χ2n) is 8.52. The molecular weight excluding hydrogens is 462 g/mol. The minimum Gasteiger partial charge on any atom is -0.494 e. The number of anilines is 4. The van der Waals surface area contributed by atoms with E-state index in [1.807, 2.05) is 62.8 Å². The Labute approximate surface area is 218 Å². The van der Waals surface area contributed by atoms with Crippen molar-refractivity contribution in [2.45, 2.75) is 13.5 Å². The summed E-state index contributed by atoms with van der Waals surface area (Å²) < 4.78 is 7.81. The average molecular weight is 496 g/mol. The lowest BCUT2D eigenvalue weighted by Crippen LogP contribution is -2.27. The normalized spacial score (nSPS) is 11.0. The zero-order valence-corrected chi connectivity index (χ0v) is 21.7. The van der Waals surface area contributed by atoms with Crippen molar-refractivity contribution in [3.8, 4) is 29.4 Å². The zero-order chi connectivity index (χ0) is 26.2. The predicted octanol–water partition coefficient (Wildman–Crippen LogP) is 5.08. The van der Waals surface area contributed by atoms with E-state index in [9.17, 15) is 0 Å². The highest BCUT2D eigenvalue weighted by molar-refractivity contribution is 5.95. The Hall–Kier alpha value is -4.48. The fraction of sp³-hybridized carbons (Fsp3) is 0.241. The third-order valence-corrected chi connectivity index (χ3v) is 6.06. The van der Waals surface area contributed by atoms with Gasteiger partial charge in [0.1, 0.15) is 5.75 Å². The number of hydrogen-bond donors (Lipinski definition) is 3. The molecule has 4 aromatic rings. The van der Waals surface area contributed by atoms with Crippen LogP contribution >= 0.6 is 0 Å². The van der Waals surface area contributed by atoms with Crippen LogP contribution in [0.5, 0.6) is 5.75 Å². The van der Waals surface area contributed by atoms with E-state index in [1.54, 1.807) is 13.3 Å². The lowest BCUT2D eigenvalue weighted by atomic mass is 10.1. The van der Waals surface area contributed by atoms with Gasteiger partial charge in [0.2, 0.25) is 5.95 Å². The molecule has 0 bridgehead atoms. The summed E-state index contributed by atoms with van der Waals surface area (Å²) in [4.78, 5) is 11.5. The van der Waals surface area contributed by atoms with Gasteiger partial charge in [-0.05, 0) is 38.4 Å². The molecule has 2 aromatic carbocycles. The Bertz CT molecular complexity index is 1430. The van der Waals surface area contributed by atoms with E-state index < -0.39 is 0 Å². The number of fused-ring (bicyclic) bond motifs is 1. The van der Waals surface area contributed by atoms with E-state index >= 15 is 0 Å². The van der Waals surface area contributed by atoms with Crippen molar-refractivity contribution in [3.05, 3.63) is 67.1 Å². The second kappa shape index (κ2) is 12.0. The highest BCUT2D eigenvalue weighted by atomic mass is 16.5. The number of benzene rings is 2. The van der Waals surface area contributed by atoms with Crippen LogP contribution in [0.4, 0.5) is 23.0 Å². The number of allylic oxidation sites excluding steroid dienone is 1. The number of para-hydroxylation sites is 1. The van der Waals surface area contributed by atoms with Gasteiger partial charge >= 0.3 is 0 Å². The summed E-state index contributed by atoms with van der Waals surface area (Å²) in [7, 11) is 5.67. The smallest absolute Gasteiger partial charge is 0.227 e.